The molecule has 1 aromatic rings. The Labute approximate surface area is 138 Å². The Morgan fingerprint density at radius 1 is 1.04 bits per heavy atom. The van der Waals surface area contributed by atoms with Crippen molar-refractivity contribution in [1.29, 1.82) is 0 Å². The summed E-state index contributed by atoms with van der Waals surface area (Å²) >= 11 is 0. The van der Waals surface area contributed by atoms with Gasteiger partial charge in [0.2, 0.25) is 5.91 Å². The first kappa shape index (κ1) is 16.2. The highest BCUT2D eigenvalue weighted by molar-refractivity contribution is 5.95. The van der Waals surface area contributed by atoms with E-state index in [1.54, 1.807) is 0 Å². The topological polar surface area (TPSA) is 46.2 Å². The molecule has 2 aliphatic rings. The number of amides is 1. The lowest BCUT2D eigenvalue weighted by Gasteiger charge is -2.36. The minimum atomic E-state index is -0.00899. The van der Waals surface area contributed by atoms with Gasteiger partial charge in [0.25, 0.3) is 0 Å². The average molecular weight is 313 g/mol. The summed E-state index contributed by atoms with van der Waals surface area (Å²) in [6, 6.07) is 8.12. The number of carbonyl (C=O) groups excluding carboxylic acids is 2. The number of hydrogen-bond donors (Lipinski definition) is 1. The van der Waals surface area contributed by atoms with Gasteiger partial charge in [-0.1, -0.05) is 39.3 Å². The minimum absolute atomic E-state index is 0.00899. The van der Waals surface area contributed by atoms with Crippen LogP contribution in [-0.4, -0.2) is 11.7 Å². The Bertz CT molecular complexity index is 581. The van der Waals surface area contributed by atoms with Crippen molar-refractivity contribution in [2.45, 2.75) is 58.3 Å². The van der Waals surface area contributed by atoms with Crippen LogP contribution in [0.4, 0.5) is 5.69 Å². The van der Waals surface area contributed by atoms with Crippen LogP contribution in [-0.2, 0) is 15.0 Å². The smallest absolute Gasteiger partial charge is 0.227 e. The third-order valence-electron chi connectivity index (χ3n) is 5.44. The van der Waals surface area contributed by atoms with Gasteiger partial charge in [-0.3, -0.25) is 9.59 Å². The van der Waals surface area contributed by atoms with Gasteiger partial charge < -0.3 is 5.32 Å². The molecule has 2 bridgehead atoms. The fraction of sp³-hybridized carbons (Fsp3) is 0.600. The summed E-state index contributed by atoms with van der Waals surface area (Å²) in [5.41, 5.74) is 2.22. The number of fused-ring (bicyclic) bond motifs is 2. The van der Waals surface area contributed by atoms with E-state index >= 15 is 0 Å². The van der Waals surface area contributed by atoms with E-state index in [0.717, 1.165) is 37.8 Å². The molecular weight excluding hydrogens is 286 g/mol. The molecule has 0 aromatic heterocycles. The summed E-state index contributed by atoms with van der Waals surface area (Å²) in [5.74, 6) is 0.737. The second-order valence-corrected chi connectivity index (χ2v) is 8.21. The van der Waals surface area contributed by atoms with Crippen LogP contribution in [0.5, 0.6) is 0 Å². The van der Waals surface area contributed by atoms with E-state index in [1.807, 2.05) is 12.1 Å². The van der Waals surface area contributed by atoms with Gasteiger partial charge in [0.05, 0.1) is 0 Å². The summed E-state index contributed by atoms with van der Waals surface area (Å²) in [5, 5.41) is 3.04. The number of carbonyl (C=O) groups is 2. The van der Waals surface area contributed by atoms with Crippen molar-refractivity contribution in [2.24, 2.45) is 17.8 Å². The number of ketones is 1. The van der Waals surface area contributed by atoms with Crippen molar-refractivity contribution < 1.29 is 9.59 Å². The Morgan fingerprint density at radius 3 is 2.13 bits per heavy atom. The van der Waals surface area contributed by atoms with Crippen LogP contribution in [0, 0.1) is 17.8 Å². The molecule has 2 aliphatic carbocycles. The molecule has 0 spiro atoms. The third kappa shape index (κ3) is 3.49. The zero-order valence-corrected chi connectivity index (χ0v) is 14.4. The number of benzene rings is 1. The van der Waals surface area contributed by atoms with Gasteiger partial charge in [-0.05, 0) is 48.8 Å². The molecule has 124 valence electrons. The molecule has 0 aliphatic heterocycles. The maximum absolute atomic E-state index is 12.6. The number of nitrogens with one attached hydrogen (secondary N) is 1. The Balaban J connectivity index is 1.64. The third-order valence-corrected chi connectivity index (χ3v) is 5.44. The second kappa shape index (κ2) is 6.10. The Hall–Kier alpha value is -1.64. The first-order valence-electron chi connectivity index (χ1n) is 8.80. The lowest BCUT2D eigenvalue weighted by molar-refractivity contribution is -0.136. The van der Waals surface area contributed by atoms with Crippen LogP contribution in [0.3, 0.4) is 0 Å². The molecule has 0 radical (unpaired) electrons. The van der Waals surface area contributed by atoms with E-state index in [1.165, 1.54) is 5.56 Å². The van der Waals surface area contributed by atoms with Crippen molar-refractivity contribution in [3.8, 4) is 0 Å². The molecule has 1 N–H and O–H groups in total. The van der Waals surface area contributed by atoms with Crippen LogP contribution in [0.25, 0.3) is 0 Å². The van der Waals surface area contributed by atoms with Crippen molar-refractivity contribution >= 4 is 17.4 Å². The van der Waals surface area contributed by atoms with Crippen LogP contribution in [0.2, 0.25) is 0 Å². The van der Waals surface area contributed by atoms with Gasteiger partial charge >= 0.3 is 0 Å². The normalized spacial score (nSPS) is 27.6. The average Bonchev–Trinajstić information content (AvgIpc) is 2.46. The molecule has 23 heavy (non-hydrogen) atoms. The standard InChI is InChI=1S/C20H27NO2/c1-20(2,3)16-7-9-17(10-8-16)21-19(23)15-11-13-5-4-6-14(12-15)18(13)22/h7-10,13-15H,4-6,11-12H2,1-3H3,(H,21,23). The number of hydrogen-bond acceptors (Lipinski definition) is 2. The molecule has 1 amide bonds. The largest absolute Gasteiger partial charge is 0.326 e. The summed E-state index contributed by atoms with van der Waals surface area (Å²) in [6.45, 7) is 6.54. The Kier molecular flexibility index (Phi) is 4.31. The van der Waals surface area contributed by atoms with Gasteiger partial charge in [0, 0.05) is 23.4 Å². The molecule has 2 atom stereocenters. The molecule has 2 saturated carbocycles. The SMILES string of the molecule is CC(C)(C)c1ccc(NC(=O)C2CC3CCCC(C2)C3=O)cc1. The van der Waals surface area contributed by atoms with Crippen LogP contribution in [0.1, 0.15) is 58.4 Å². The zero-order chi connectivity index (χ0) is 16.6. The quantitative estimate of drug-likeness (QED) is 0.884. The van der Waals surface area contributed by atoms with Crippen LogP contribution < -0.4 is 5.32 Å². The fourth-order valence-electron chi connectivity index (χ4n) is 3.99. The highest BCUT2D eigenvalue weighted by atomic mass is 16.2. The van der Waals surface area contributed by atoms with Crippen molar-refractivity contribution in [1.82, 2.24) is 0 Å². The fourth-order valence-corrected chi connectivity index (χ4v) is 3.99. The van der Waals surface area contributed by atoms with Gasteiger partial charge in [-0.15, -0.1) is 0 Å². The predicted octanol–water partition coefficient (Wildman–Crippen LogP) is 4.32. The molecule has 3 nitrogen and oxygen atoms in total. The molecule has 0 saturated heterocycles. The Morgan fingerprint density at radius 2 is 1.61 bits per heavy atom. The molecule has 3 heteroatoms. The summed E-state index contributed by atoms with van der Waals surface area (Å²) < 4.78 is 0. The first-order chi connectivity index (χ1) is 10.8. The monoisotopic (exact) mass is 313 g/mol. The van der Waals surface area contributed by atoms with E-state index < -0.39 is 0 Å². The molecule has 3 rings (SSSR count). The molecule has 2 fully saturated rings. The van der Waals surface area contributed by atoms with Crippen LogP contribution >= 0.6 is 0 Å². The summed E-state index contributed by atoms with van der Waals surface area (Å²) in [7, 11) is 0. The lowest BCUT2D eigenvalue weighted by atomic mass is 9.67. The maximum atomic E-state index is 12.6. The molecule has 0 heterocycles. The number of anilines is 1. The molecule has 1 aromatic carbocycles. The maximum Gasteiger partial charge on any atom is 0.227 e. The lowest BCUT2D eigenvalue weighted by Crippen LogP contribution is -2.40. The van der Waals surface area contributed by atoms with E-state index in [0.29, 0.717) is 5.78 Å². The molecule has 2 unspecified atom stereocenters. The predicted molar refractivity (Wildman–Crippen MR) is 92.3 cm³/mol. The highest BCUT2D eigenvalue weighted by Crippen LogP contribution is 2.40. The van der Waals surface area contributed by atoms with Gasteiger partial charge in [0.15, 0.2) is 0 Å². The number of rotatable bonds is 2. The highest BCUT2D eigenvalue weighted by Gasteiger charge is 2.41. The van der Waals surface area contributed by atoms with Gasteiger partial charge in [0.1, 0.15) is 5.78 Å². The van der Waals surface area contributed by atoms with Crippen molar-refractivity contribution in [3.63, 3.8) is 0 Å². The van der Waals surface area contributed by atoms with Gasteiger partial charge in [-0.25, -0.2) is 0 Å². The zero-order valence-electron chi connectivity index (χ0n) is 14.4. The minimum Gasteiger partial charge on any atom is -0.326 e. The van der Waals surface area contributed by atoms with Crippen LogP contribution in [0.15, 0.2) is 24.3 Å². The van der Waals surface area contributed by atoms with E-state index in [2.05, 4.69) is 38.2 Å². The second-order valence-electron chi connectivity index (χ2n) is 8.21. The van der Waals surface area contributed by atoms with Crippen molar-refractivity contribution in [3.05, 3.63) is 29.8 Å². The van der Waals surface area contributed by atoms with E-state index in [9.17, 15) is 9.59 Å². The van der Waals surface area contributed by atoms with E-state index in [4.69, 9.17) is 0 Å². The number of Topliss-reactive ketones (excluding diaryl/α,β-unsaturated/α-hetero) is 1. The van der Waals surface area contributed by atoms with Gasteiger partial charge in [-0.2, -0.15) is 0 Å². The van der Waals surface area contributed by atoms with Crippen molar-refractivity contribution in [2.75, 3.05) is 5.32 Å². The van der Waals surface area contributed by atoms with E-state index in [-0.39, 0.29) is 29.1 Å². The summed E-state index contributed by atoms with van der Waals surface area (Å²) in [4.78, 5) is 24.7. The molecular formula is C20H27NO2. The first-order valence-corrected chi connectivity index (χ1v) is 8.80. The summed E-state index contributed by atoms with van der Waals surface area (Å²) in [6.07, 6.45) is 4.56.